The smallest absolute Gasteiger partial charge is 0.191 e. The summed E-state index contributed by atoms with van der Waals surface area (Å²) in [7, 11) is 1.68. The average molecular weight is 386 g/mol. The van der Waals surface area contributed by atoms with Gasteiger partial charge >= 0.3 is 0 Å². The van der Waals surface area contributed by atoms with Crippen LogP contribution < -0.4 is 10.1 Å². The summed E-state index contributed by atoms with van der Waals surface area (Å²) in [5.41, 5.74) is 1.01. The van der Waals surface area contributed by atoms with Gasteiger partial charge in [0.1, 0.15) is 5.75 Å². The summed E-state index contributed by atoms with van der Waals surface area (Å²) < 4.78 is 7.63. The molecule has 0 radical (unpaired) electrons. The first kappa shape index (κ1) is 19.6. The Kier molecular flexibility index (Phi) is 7.40. The first-order valence-electron chi connectivity index (χ1n) is 9.63. The van der Waals surface area contributed by atoms with E-state index >= 15 is 0 Å². The lowest BCUT2D eigenvalue weighted by molar-refractivity contribution is 0.330. The summed E-state index contributed by atoms with van der Waals surface area (Å²) in [6.45, 7) is 0.634. The summed E-state index contributed by atoms with van der Waals surface area (Å²) in [5, 5.41) is 22.1. The van der Waals surface area contributed by atoms with Crippen LogP contribution in [0.25, 0.3) is 0 Å². The fourth-order valence-electron chi connectivity index (χ4n) is 3.46. The normalized spacial score (nSPS) is 14.7. The second kappa shape index (κ2) is 10.2. The number of anilines is 1. The molecule has 0 aliphatic heterocycles. The van der Waals surface area contributed by atoms with Crippen molar-refractivity contribution in [1.82, 2.24) is 14.8 Å². The molecule has 2 aromatic rings. The number of nitrogens with one attached hydrogen (secondary N) is 1. The maximum atomic E-state index is 8.73. The van der Waals surface area contributed by atoms with E-state index in [4.69, 9.17) is 10.00 Å². The molecule has 1 aromatic carbocycles. The molecule has 0 saturated heterocycles. The number of benzene rings is 1. The van der Waals surface area contributed by atoms with E-state index in [0.717, 1.165) is 34.6 Å². The largest absolute Gasteiger partial charge is 0.497 e. The van der Waals surface area contributed by atoms with Gasteiger partial charge in [0.2, 0.25) is 0 Å². The van der Waals surface area contributed by atoms with Crippen molar-refractivity contribution >= 4 is 17.4 Å². The summed E-state index contributed by atoms with van der Waals surface area (Å²) in [5.74, 6) is 2.72. The number of nitrogens with zero attached hydrogens (tertiary/aromatic N) is 4. The van der Waals surface area contributed by atoms with Crippen LogP contribution in [0.15, 0.2) is 29.4 Å². The van der Waals surface area contributed by atoms with Crippen molar-refractivity contribution in [2.24, 2.45) is 0 Å². The van der Waals surface area contributed by atoms with Crippen molar-refractivity contribution in [1.29, 1.82) is 5.26 Å². The number of ether oxygens (including phenoxy) is 1. The van der Waals surface area contributed by atoms with Gasteiger partial charge in [0.05, 0.1) is 19.7 Å². The van der Waals surface area contributed by atoms with E-state index in [2.05, 4.69) is 26.2 Å². The molecule has 1 N–H and O–H groups in total. The lowest BCUT2D eigenvalue weighted by Crippen LogP contribution is -2.18. The molecule has 1 fully saturated rings. The molecule has 1 aromatic heterocycles. The van der Waals surface area contributed by atoms with Gasteiger partial charge in [-0.1, -0.05) is 37.1 Å². The number of nitriles is 1. The van der Waals surface area contributed by atoms with Crippen molar-refractivity contribution in [3.8, 4) is 11.8 Å². The van der Waals surface area contributed by atoms with E-state index in [1.807, 2.05) is 24.3 Å². The molecule has 3 rings (SSSR count). The molecule has 27 heavy (non-hydrogen) atoms. The third-order valence-corrected chi connectivity index (χ3v) is 5.89. The van der Waals surface area contributed by atoms with Gasteiger partial charge in [0.25, 0.3) is 0 Å². The van der Waals surface area contributed by atoms with Gasteiger partial charge in [0.15, 0.2) is 11.0 Å². The Hall–Kier alpha value is -2.20. The summed E-state index contributed by atoms with van der Waals surface area (Å²) in [4.78, 5) is 0. The minimum Gasteiger partial charge on any atom is -0.497 e. The third-order valence-electron chi connectivity index (χ3n) is 4.86. The van der Waals surface area contributed by atoms with Gasteiger partial charge in [-0.25, -0.2) is 0 Å². The number of aromatic nitrogens is 3. The molecule has 0 atom stereocenters. The van der Waals surface area contributed by atoms with Crippen LogP contribution in [-0.4, -0.2) is 27.6 Å². The van der Waals surface area contributed by atoms with Crippen LogP contribution in [-0.2, 0) is 6.54 Å². The molecule has 144 valence electrons. The van der Waals surface area contributed by atoms with Crippen LogP contribution in [0, 0.1) is 11.3 Å². The fraction of sp³-hybridized carbons (Fsp3) is 0.550. The minimum atomic E-state index is 0.481. The van der Waals surface area contributed by atoms with Crippen LogP contribution >= 0.6 is 11.8 Å². The third kappa shape index (κ3) is 5.39. The molecule has 1 heterocycles. The summed E-state index contributed by atoms with van der Waals surface area (Å²) >= 11 is 1.72. The van der Waals surface area contributed by atoms with E-state index in [9.17, 15) is 0 Å². The van der Waals surface area contributed by atoms with Crippen LogP contribution in [0.2, 0.25) is 0 Å². The minimum absolute atomic E-state index is 0.481. The zero-order valence-corrected chi connectivity index (χ0v) is 16.7. The Labute approximate surface area is 165 Å². The molecular weight excluding hydrogens is 358 g/mol. The molecule has 1 saturated carbocycles. The number of unbranched alkanes of at least 4 members (excludes halogenated alkanes) is 1. The predicted octanol–water partition coefficient (Wildman–Crippen LogP) is 4.80. The SMILES string of the molecule is COc1cccc(NCc2nnc(SCCCC#N)n2C2CCCCC2)c1. The second-order valence-corrected chi connectivity index (χ2v) is 7.82. The Morgan fingerprint density at radius 3 is 2.93 bits per heavy atom. The van der Waals surface area contributed by atoms with E-state index in [1.54, 1.807) is 18.9 Å². The number of hydrogen-bond donors (Lipinski definition) is 1. The Morgan fingerprint density at radius 1 is 1.30 bits per heavy atom. The Morgan fingerprint density at radius 2 is 2.15 bits per heavy atom. The monoisotopic (exact) mass is 385 g/mol. The molecular formula is C20H27N5OS. The average Bonchev–Trinajstić information content (AvgIpc) is 3.13. The number of methoxy groups -OCH3 is 1. The standard InChI is InChI=1S/C20H27N5OS/c1-26-18-11-7-8-16(14-18)22-15-19-23-24-20(27-13-6-5-12-21)25(19)17-9-3-2-4-10-17/h7-8,11,14,17,22H,2-6,9-10,13,15H2,1H3. The van der Waals surface area contributed by atoms with E-state index in [0.29, 0.717) is 19.0 Å². The van der Waals surface area contributed by atoms with E-state index < -0.39 is 0 Å². The van der Waals surface area contributed by atoms with Crippen LogP contribution in [0.5, 0.6) is 5.75 Å². The number of hydrogen-bond acceptors (Lipinski definition) is 6. The molecule has 1 aliphatic rings. The zero-order valence-electron chi connectivity index (χ0n) is 15.9. The molecule has 0 amide bonds. The van der Waals surface area contributed by atoms with Gasteiger partial charge in [-0.05, 0) is 31.4 Å². The highest BCUT2D eigenvalue weighted by atomic mass is 32.2. The van der Waals surface area contributed by atoms with Gasteiger partial charge in [-0.15, -0.1) is 10.2 Å². The molecule has 0 spiro atoms. The van der Waals surface area contributed by atoms with Crippen LogP contribution in [0.3, 0.4) is 0 Å². The summed E-state index contributed by atoms with van der Waals surface area (Å²) in [6.07, 6.45) is 7.71. The predicted molar refractivity (Wildman–Crippen MR) is 108 cm³/mol. The Bertz CT molecular complexity index is 764. The number of rotatable bonds is 9. The van der Waals surface area contributed by atoms with Crippen molar-refractivity contribution in [3.63, 3.8) is 0 Å². The quantitative estimate of drug-likeness (QED) is 0.493. The molecule has 0 bridgehead atoms. The van der Waals surface area contributed by atoms with Crippen LogP contribution in [0.1, 0.15) is 56.8 Å². The van der Waals surface area contributed by atoms with Gasteiger partial charge in [-0.2, -0.15) is 5.26 Å². The van der Waals surface area contributed by atoms with E-state index in [1.165, 1.54) is 32.1 Å². The first-order valence-corrected chi connectivity index (χ1v) is 10.6. The van der Waals surface area contributed by atoms with E-state index in [-0.39, 0.29) is 0 Å². The maximum absolute atomic E-state index is 8.73. The maximum Gasteiger partial charge on any atom is 0.191 e. The lowest BCUT2D eigenvalue weighted by atomic mass is 9.95. The highest BCUT2D eigenvalue weighted by molar-refractivity contribution is 7.99. The Balaban J connectivity index is 1.72. The second-order valence-electron chi connectivity index (χ2n) is 6.76. The fourth-order valence-corrected chi connectivity index (χ4v) is 4.42. The first-order chi connectivity index (χ1) is 13.3. The molecule has 1 aliphatic carbocycles. The summed E-state index contributed by atoms with van der Waals surface area (Å²) in [6, 6.07) is 10.6. The lowest BCUT2D eigenvalue weighted by Gasteiger charge is -2.25. The van der Waals surface area contributed by atoms with Gasteiger partial charge < -0.3 is 14.6 Å². The zero-order chi connectivity index (χ0) is 18.9. The van der Waals surface area contributed by atoms with Crippen molar-refractivity contribution in [3.05, 3.63) is 30.1 Å². The molecule has 0 unspecified atom stereocenters. The molecule has 6 nitrogen and oxygen atoms in total. The highest BCUT2D eigenvalue weighted by Gasteiger charge is 2.22. The topological polar surface area (TPSA) is 75.8 Å². The van der Waals surface area contributed by atoms with Gasteiger partial charge in [-0.3, -0.25) is 0 Å². The highest BCUT2D eigenvalue weighted by Crippen LogP contribution is 2.33. The number of thioether (sulfide) groups is 1. The van der Waals surface area contributed by atoms with Crippen molar-refractivity contribution < 1.29 is 4.74 Å². The van der Waals surface area contributed by atoms with Gasteiger partial charge in [0, 0.05) is 30.0 Å². The van der Waals surface area contributed by atoms with Crippen LogP contribution in [0.4, 0.5) is 5.69 Å². The van der Waals surface area contributed by atoms with Crippen molar-refractivity contribution in [2.75, 3.05) is 18.2 Å². The van der Waals surface area contributed by atoms with Crippen molar-refractivity contribution in [2.45, 2.75) is 62.7 Å². The molecule has 7 heteroatoms.